The van der Waals surface area contributed by atoms with Crippen LogP contribution in [0.15, 0.2) is 32.5 Å². The van der Waals surface area contributed by atoms with Crippen molar-refractivity contribution in [1.82, 2.24) is 9.88 Å². The van der Waals surface area contributed by atoms with E-state index >= 15 is 0 Å². The lowest BCUT2D eigenvalue weighted by Crippen LogP contribution is -2.51. The second kappa shape index (κ2) is 8.46. The number of anilines is 1. The van der Waals surface area contributed by atoms with Crippen molar-refractivity contribution < 1.29 is 0 Å². The Morgan fingerprint density at radius 2 is 2.09 bits per heavy atom. The van der Waals surface area contributed by atoms with Crippen LogP contribution in [0.1, 0.15) is 4.88 Å². The van der Waals surface area contributed by atoms with Gasteiger partial charge in [0.2, 0.25) is 0 Å². The summed E-state index contributed by atoms with van der Waals surface area (Å²) < 4.78 is 1.13. The molecule has 0 unspecified atom stereocenters. The molecule has 0 aliphatic carbocycles. The molecule has 0 spiro atoms. The van der Waals surface area contributed by atoms with Crippen molar-refractivity contribution in [3.8, 4) is 0 Å². The Labute approximate surface area is 163 Å². The number of aromatic nitrogens is 1. The van der Waals surface area contributed by atoms with E-state index in [1.165, 1.54) is 4.88 Å². The van der Waals surface area contributed by atoms with Gasteiger partial charge >= 0.3 is 0 Å². The zero-order chi connectivity index (χ0) is 14.7. The summed E-state index contributed by atoms with van der Waals surface area (Å²) in [6, 6.07) is 4.12. The number of hydrogen-bond acceptors (Lipinski definition) is 5. The normalized spacial score (nSPS) is 15.8. The molecule has 2 N–H and O–H groups in total. The highest BCUT2D eigenvalue weighted by Crippen LogP contribution is 2.23. The van der Waals surface area contributed by atoms with E-state index < -0.39 is 0 Å². The van der Waals surface area contributed by atoms with Gasteiger partial charge in [-0.05, 0) is 28.1 Å². The number of hydrogen-bond donors (Lipinski definition) is 1. The molecule has 1 fully saturated rings. The molecule has 2 aromatic rings. The molecule has 5 nitrogen and oxygen atoms in total. The third-order valence-electron chi connectivity index (χ3n) is 3.32. The van der Waals surface area contributed by atoms with E-state index in [9.17, 15) is 0 Å². The minimum absolute atomic E-state index is 0. The molecule has 0 radical (unpaired) electrons. The maximum Gasteiger partial charge on any atom is 0.191 e. The van der Waals surface area contributed by atoms with Gasteiger partial charge in [-0.2, -0.15) is 0 Å². The molecule has 3 heterocycles. The van der Waals surface area contributed by atoms with Crippen LogP contribution in [0.5, 0.6) is 0 Å². The highest BCUT2D eigenvalue weighted by Gasteiger charge is 2.19. The predicted molar refractivity (Wildman–Crippen MR) is 109 cm³/mol. The highest BCUT2D eigenvalue weighted by atomic mass is 127. The third kappa shape index (κ3) is 4.56. The van der Waals surface area contributed by atoms with Crippen molar-refractivity contribution in [2.45, 2.75) is 6.54 Å². The molecule has 3 rings (SSSR count). The van der Waals surface area contributed by atoms with Gasteiger partial charge in [-0.1, -0.05) is 0 Å². The van der Waals surface area contributed by atoms with E-state index in [4.69, 9.17) is 5.73 Å². The van der Waals surface area contributed by atoms with Crippen LogP contribution < -0.4 is 10.6 Å². The first-order chi connectivity index (χ1) is 10.2. The quantitative estimate of drug-likeness (QED) is 0.389. The Morgan fingerprint density at radius 3 is 2.68 bits per heavy atom. The lowest BCUT2D eigenvalue weighted by Gasteiger charge is -2.35. The molecule has 0 atom stereocenters. The Hall–Kier alpha value is -0.390. The van der Waals surface area contributed by atoms with E-state index in [0.717, 1.165) is 35.1 Å². The van der Waals surface area contributed by atoms with Crippen LogP contribution in [0.2, 0.25) is 0 Å². The van der Waals surface area contributed by atoms with Gasteiger partial charge < -0.3 is 15.5 Å². The van der Waals surface area contributed by atoms with E-state index in [0.29, 0.717) is 12.5 Å². The second-order valence-electron chi connectivity index (χ2n) is 4.67. The zero-order valence-corrected chi connectivity index (χ0v) is 17.4. The Bertz CT molecular complexity index is 608. The molecule has 0 aromatic carbocycles. The molecule has 1 aliphatic rings. The summed E-state index contributed by atoms with van der Waals surface area (Å²) >= 11 is 6.84. The minimum atomic E-state index is 0. The third-order valence-corrected chi connectivity index (χ3v) is 5.76. The summed E-state index contributed by atoms with van der Waals surface area (Å²) in [5.74, 6) is 0.637. The number of rotatable bonds is 3. The van der Waals surface area contributed by atoms with Gasteiger partial charge in [-0.25, -0.2) is 9.98 Å². The summed E-state index contributed by atoms with van der Waals surface area (Å²) in [7, 11) is 0. The summed E-state index contributed by atoms with van der Waals surface area (Å²) in [5.41, 5.74) is 6.10. The van der Waals surface area contributed by atoms with Crippen LogP contribution in [0.4, 0.5) is 5.13 Å². The lowest BCUT2D eigenvalue weighted by molar-refractivity contribution is 0.380. The molecule has 1 aliphatic heterocycles. The van der Waals surface area contributed by atoms with Crippen LogP contribution in [-0.2, 0) is 6.54 Å². The molecular weight excluding hydrogens is 497 g/mol. The van der Waals surface area contributed by atoms with E-state index in [-0.39, 0.29) is 24.0 Å². The number of halogens is 2. The number of nitrogens with zero attached hydrogens (tertiary/aromatic N) is 4. The molecule has 0 bridgehead atoms. The maximum atomic E-state index is 6.10. The van der Waals surface area contributed by atoms with E-state index in [2.05, 4.69) is 41.8 Å². The maximum absolute atomic E-state index is 6.10. The van der Waals surface area contributed by atoms with Crippen molar-refractivity contribution in [3.63, 3.8) is 0 Å². The van der Waals surface area contributed by atoms with Crippen molar-refractivity contribution in [2.24, 2.45) is 10.7 Å². The van der Waals surface area contributed by atoms with Gasteiger partial charge in [0.05, 0.1) is 10.3 Å². The molecule has 9 heteroatoms. The fraction of sp³-hybridized carbons (Fsp3) is 0.385. The van der Waals surface area contributed by atoms with Crippen molar-refractivity contribution in [1.29, 1.82) is 0 Å². The van der Waals surface area contributed by atoms with Gasteiger partial charge in [0.25, 0.3) is 0 Å². The van der Waals surface area contributed by atoms with E-state index in [1.54, 1.807) is 22.7 Å². The molecule has 120 valence electrons. The van der Waals surface area contributed by atoms with Crippen LogP contribution in [0.25, 0.3) is 0 Å². The molecule has 2 aromatic heterocycles. The van der Waals surface area contributed by atoms with Gasteiger partial charge in [0, 0.05) is 42.6 Å². The number of guanidine groups is 1. The largest absolute Gasteiger partial charge is 0.370 e. The fourth-order valence-electron chi connectivity index (χ4n) is 2.19. The van der Waals surface area contributed by atoms with E-state index in [1.807, 2.05) is 17.6 Å². The predicted octanol–water partition coefficient (Wildman–Crippen LogP) is 3.22. The Balaban J connectivity index is 0.00000176. The van der Waals surface area contributed by atoms with Crippen molar-refractivity contribution in [2.75, 3.05) is 31.1 Å². The molecular formula is C13H17BrIN5S2. The number of thiophene rings is 1. The summed E-state index contributed by atoms with van der Waals surface area (Å²) in [4.78, 5) is 14.5. The number of nitrogens with two attached hydrogens (primary N) is 1. The topological polar surface area (TPSA) is 57.8 Å². The second-order valence-corrected chi connectivity index (χ2v) is 8.09. The van der Waals surface area contributed by atoms with Gasteiger partial charge in [-0.3, -0.25) is 0 Å². The highest BCUT2D eigenvalue weighted by molar-refractivity contribution is 14.0. The summed E-state index contributed by atoms with van der Waals surface area (Å²) in [5, 5.41) is 3.10. The first-order valence-corrected chi connectivity index (χ1v) is 9.15. The molecule has 0 saturated carbocycles. The number of aliphatic imine (C=N–C) groups is 1. The fourth-order valence-corrected chi connectivity index (χ4v) is 4.30. The molecule has 1 saturated heterocycles. The first-order valence-electron chi connectivity index (χ1n) is 6.66. The monoisotopic (exact) mass is 513 g/mol. The van der Waals surface area contributed by atoms with Crippen LogP contribution in [0, 0.1) is 0 Å². The lowest BCUT2D eigenvalue weighted by atomic mass is 10.3. The Kier molecular flexibility index (Phi) is 6.90. The zero-order valence-electron chi connectivity index (χ0n) is 11.8. The van der Waals surface area contributed by atoms with Crippen LogP contribution in [-0.4, -0.2) is 42.0 Å². The summed E-state index contributed by atoms with van der Waals surface area (Å²) in [6.07, 6.45) is 1.85. The Morgan fingerprint density at radius 1 is 1.32 bits per heavy atom. The SMILES string of the molecule is I.NC(=NCc1ccc(Br)s1)N1CCN(c2nccs2)CC1. The first kappa shape index (κ1) is 18.0. The minimum Gasteiger partial charge on any atom is -0.370 e. The summed E-state index contributed by atoms with van der Waals surface area (Å²) in [6.45, 7) is 4.31. The van der Waals surface area contributed by atoms with Crippen molar-refractivity contribution >= 4 is 73.7 Å². The van der Waals surface area contributed by atoms with Gasteiger partial charge in [0.1, 0.15) is 0 Å². The number of thiazole rings is 1. The van der Waals surface area contributed by atoms with Gasteiger partial charge in [-0.15, -0.1) is 46.7 Å². The van der Waals surface area contributed by atoms with Crippen LogP contribution in [0.3, 0.4) is 0 Å². The smallest absolute Gasteiger partial charge is 0.191 e. The van der Waals surface area contributed by atoms with Crippen LogP contribution >= 0.6 is 62.6 Å². The van der Waals surface area contributed by atoms with Crippen molar-refractivity contribution in [3.05, 3.63) is 32.4 Å². The molecule has 0 amide bonds. The average molecular weight is 514 g/mol. The standard InChI is InChI=1S/C13H16BrN5S2.HI/c14-11-2-1-10(21-11)9-17-12(15)18-4-6-19(7-5-18)13-16-3-8-20-13;/h1-3,8H,4-7,9H2,(H2,15,17);1H. The number of piperazine rings is 1. The molecule has 22 heavy (non-hydrogen) atoms. The van der Waals surface area contributed by atoms with Gasteiger partial charge in [0.15, 0.2) is 11.1 Å². The average Bonchev–Trinajstić information content (AvgIpc) is 3.16.